The number of nitrogens with zero attached hydrogens (tertiary/aromatic N) is 1. The van der Waals surface area contributed by atoms with Crippen LogP contribution in [0.15, 0.2) is 53.5 Å². The molecule has 4 heteroatoms. The van der Waals surface area contributed by atoms with Crippen LogP contribution in [0.1, 0.15) is 18.9 Å². The van der Waals surface area contributed by atoms with Crippen LogP contribution in [-0.4, -0.2) is 27.3 Å². The van der Waals surface area contributed by atoms with Crippen LogP contribution in [-0.2, 0) is 14.9 Å². The molecule has 0 bridgehead atoms. The van der Waals surface area contributed by atoms with Crippen molar-refractivity contribution in [2.75, 3.05) is 27.3 Å². The zero-order valence-electron chi connectivity index (χ0n) is 14.5. The summed E-state index contributed by atoms with van der Waals surface area (Å²) >= 11 is 0. The van der Waals surface area contributed by atoms with E-state index in [2.05, 4.69) is 48.7 Å². The largest absolute Gasteiger partial charge is 0.496 e. The molecule has 3 rings (SSSR count). The van der Waals surface area contributed by atoms with Crippen LogP contribution >= 0.6 is 0 Å². The van der Waals surface area contributed by atoms with Gasteiger partial charge in [0.1, 0.15) is 5.92 Å². The van der Waals surface area contributed by atoms with Gasteiger partial charge in [0.05, 0.1) is 20.3 Å². The quantitative estimate of drug-likeness (QED) is 0.928. The lowest BCUT2D eigenvalue weighted by Crippen LogP contribution is -2.38. The van der Waals surface area contributed by atoms with Gasteiger partial charge in [0.25, 0.3) is 0 Å². The molecule has 0 aromatic heterocycles. The summed E-state index contributed by atoms with van der Waals surface area (Å²) < 4.78 is 11.1. The number of nitriles is 1. The van der Waals surface area contributed by atoms with Crippen LogP contribution in [0.5, 0.6) is 0 Å². The highest BCUT2D eigenvalue weighted by Crippen LogP contribution is 2.47. The van der Waals surface area contributed by atoms with E-state index in [1.807, 2.05) is 6.07 Å². The lowest BCUT2D eigenvalue weighted by Gasteiger charge is -2.39. The molecule has 0 spiro atoms. The second-order valence-electron chi connectivity index (χ2n) is 6.61. The third-order valence-corrected chi connectivity index (χ3v) is 5.35. The summed E-state index contributed by atoms with van der Waals surface area (Å²) in [4.78, 5) is 0. The van der Waals surface area contributed by atoms with Gasteiger partial charge in [-0.05, 0) is 30.2 Å². The summed E-state index contributed by atoms with van der Waals surface area (Å²) in [5.41, 5.74) is 2.33. The summed E-state index contributed by atoms with van der Waals surface area (Å²) in [6.07, 6.45) is 3.01. The fourth-order valence-corrected chi connectivity index (χ4v) is 4.03. The molecule has 1 aliphatic heterocycles. The van der Waals surface area contributed by atoms with Crippen molar-refractivity contribution in [3.63, 3.8) is 0 Å². The molecule has 0 amide bonds. The van der Waals surface area contributed by atoms with Gasteiger partial charge in [-0.25, -0.2) is 0 Å². The maximum absolute atomic E-state index is 9.81. The van der Waals surface area contributed by atoms with Crippen LogP contribution in [0.25, 0.3) is 0 Å². The van der Waals surface area contributed by atoms with Crippen LogP contribution in [0.3, 0.4) is 0 Å². The average molecular weight is 324 g/mol. The Balaban J connectivity index is 2.18. The topological polar surface area (TPSA) is 54.3 Å². The molecule has 0 radical (unpaired) electrons. The fourth-order valence-electron chi connectivity index (χ4n) is 4.03. The van der Waals surface area contributed by atoms with Crippen LogP contribution < -0.4 is 5.32 Å². The van der Waals surface area contributed by atoms with E-state index in [0.717, 1.165) is 19.5 Å². The van der Waals surface area contributed by atoms with Gasteiger partial charge in [-0.15, -0.1) is 0 Å². The van der Waals surface area contributed by atoms with Gasteiger partial charge in [-0.3, -0.25) is 0 Å². The van der Waals surface area contributed by atoms with Gasteiger partial charge in [0, 0.05) is 17.9 Å². The van der Waals surface area contributed by atoms with Gasteiger partial charge in [-0.1, -0.05) is 37.3 Å². The molecule has 0 saturated carbocycles. The van der Waals surface area contributed by atoms with Crippen molar-refractivity contribution in [3.05, 3.63) is 59.1 Å². The van der Waals surface area contributed by atoms with E-state index >= 15 is 0 Å². The Morgan fingerprint density at radius 1 is 1.21 bits per heavy atom. The molecule has 4 nitrogen and oxygen atoms in total. The van der Waals surface area contributed by atoms with Crippen molar-refractivity contribution in [3.8, 4) is 6.07 Å². The van der Waals surface area contributed by atoms with Gasteiger partial charge >= 0.3 is 0 Å². The highest BCUT2D eigenvalue weighted by molar-refractivity contribution is 5.45. The number of methoxy groups -OCH3 is 2. The molecule has 1 heterocycles. The molecule has 1 aromatic rings. The number of allylic oxidation sites excluding steroid dienone is 2. The Bertz CT molecular complexity index is 702. The molecule has 1 fully saturated rings. The van der Waals surface area contributed by atoms with E-state index in [1.54, 1.807) is 14.2 Å². The number of hydrogen-bond donors (Lipinski definition) is 1. The van der Waals surface area contributed by atoms with Gasteiger partial charge < -0.3 is 14.8 Å². The van der Waals surface area contributed by atoms with E-state index in [1.165, 1.54) is 11.1 Å². The lowest BCUT2D eigenvalue weighted by molar-refractivity contribution is 0.183. The molecule has 1 saturated heterocycles. The predicted octanol–water partition coefficient (Wildman–Crippen LogP) is 3.14. The van der Waals surface area contributed by atoms with E-state index in [0.29, 0.717) is 11.5 Å². The molecule has 1 aliphatic carbocycles. The molecular formula is C20H24N2O2. The third kappa shape index (κ3) is 2.59. The monoisotopic (exact) mass is 324 g/mol. The smallest absolute Gasteiger partial charge is 0.157 e. The summed E-state index contributed by atoms with van der Waals surface area (Å²) in [6.45, 7) is 3.98. The Labute approximate surface area is 143 Å². The summed E-state index contributed by atoms with van der Waals surface area (Å²) in [5, 5.41) is 13.4. The lowest BCUT2D eigenvalue weighted by atomic mass is 9.65. The molecule has 1 aromatic carbocycles. The summed E-state index contributed by atoms with van der Waals surface area (Å²) in [5.74, 6) is 1.13. The van der Waals surface area contributed by atoms with Gasteiger partial charge in [-0.2, -0.15) is 5.26 Å². The van der Waals surface area contributed by atoms with Crippen LogP contribution in [0, 0.1) is 23.2 Å². The maximum Gasteiger partial charge on any atom is 0.157 e. The number of hydrogen-bond acceptors (Lipinski definition) is 4. The van der Waals surface area contributed by atoms with E-state index in [9.17, 15) is 5.26 Å². The summed E-state index contributed by atoms with van der Waals surface area (Å²) in [7, 11) is 3.25. The second-order valence-corrected chi connectivity index (χ2v) is 6.61. The van der Waals surface area contributed by atoms with Gasteiger partial charge in [0.15, 0.2) is 11.5 Å². The highest BCUT2D eigenvalue weighted by Gasteiger charge is 2.44. The van der Waals surface area contributed by atoms with Crippen LogP contribution in [0.4, 0.5) is 0 Å². The number of rotatable bonds is 3. The normalized spacial score (nSPS) is 29.8. The minimum absolute atomic E-state index is 0.129. The van der Waals surface area contributed by atoms with E-state index in [-0.39, 0.29) is 17.3 Å². The van der Waals surface area contributed by atoms with Gasteiger partial charge in [0.2, 0.25) is 0 Å². The minimum atomic E-state index is -0.312. The number of nitrogens with one attached hydrogen (secondary N) is 1. The first-order chi connectivity index (χ1) is 11.7. The van der Waals surface area contributed by atoms with E-state index < -0.39 is 0 Å². The third-order valence-electron chi connectivity index (χ3n) is 5.35. The molecule has 2 unspecified atom stereocenters. The Kier molecular flexibility index (Phi) is 4.64. The highest BCUT2D eigenvalue weighted by atomic mass is 16.5. The Morgan fingerprint density at radius 2 is 1.96 bits per heavy atom. The van der Waals surface area contributed by atoms with Crippen molar-refractivity contribution in [2.24, 2.45) is 11.8 Å². The second kappa shape index (κ2) is 6.70. The molecule has 3 atom stereocenters. The molecule has 1 N–H and O–H groups in total. The van der Waals surface area contributed by atoms with E-state index in [4.69, 9.17) is 9.47 Å². The standard InChI is InChI=1S/C20H24N2O2/c1-20(14-7-5-4-6-8-14)13-22-10-9-15-16(12-21)19(24-3)18(23-2)11-17(15)20/h4-8,11,15-16,22H,9-10,13H2,1-3H3/t15?,16?,20-/m1/s1. The van der Waals surface area contributed by atoms with Crippen molar-refractivity contribution in [1.29, 1.82) is 5.26 Å². The zero-order valence-corrected chi connectivity index (χ0v) is 14.5. The van der Waals surface area contributed by atoms with Crippen molar-refractivity contribution < 1.29 is 9.47 Å². The predicted molar refractivity (Wildman–Crippen MR) is 93.0 cm³/mol. The number of benzene rings is 1. The zero-order chi connectivity index (χ0) is 17.2. The average Bonchev–Trinajstić information content (AvgIpc) is 2.80. The molecule has 126 valence electrons. The first kappa shape index (κ1) is 16.6. The summed E-state index contributed by atoms with van der Waals surface area (Å²) in [6, 6.07) is 12.9. The van der Waals surface area contributed by atoms with Crippen LogP contribution in [0.2, 0.25) is 0 Å². The van der Waals surface area contributed by atoms with Crippen molar-refractivity contribution in [2.45, 2.75) is 18.8 Å². The molecular weight excluding hydrogens is 300 g/mol. The first-order valence-electron chi connectivity index (χ1n) is 8.35. The fraction of sp³-hybridized carbons (Fsp3) is 0.450. The number of fused-ring (bicyclic) bond motifs is 1. The number of ether oxygens (including phenoxy) is 2. The molecule has 24 heavy (non-hydrogen) atoms. The SMILES string of the molecule is COC1=C(OC)C(C#N)C2CCNC[C@](C)(c3ccccc3)C2=C1. The molecule has 2 aliphatic rings. The van der Waals surface area contributed by atoms with Crippen molar-refractivity contribution in [1.82, 2.24) is 5.32 Å². The Morgan fingerprint density at radius 3 is 2.58 bits per heavy atom. The minimum Gasteiger partial charge on any atom is -0.496 e. The Hall–Kier alpha value is -2.25. The first-order valence-corrected chi connectivity index (χ1v) is 8.35. The maximum atomic E-state index is 9.81. The van der Waals surface area contributed by atoms with Crippen molar-refractivity contribution >= 4 is 0 Å².